The van der Waals surface area contributed by atoms with E-state index in [0.29, 0.717) is 0 Å². The van der Waals surface area contributed by atoms with Crippen LogP contribution >= 0.6 is 0 Å². The number of rotatable bonds is 8. The molecule has 0 heterocycles. The molecule has 0 saturated heterocycles. The molecule has 0 fully saturated rings. The van der Waals surface area contributed by atoms with Crippen molar-refractivity contribution in [3.63, 3.8) is 0 Å². The van der Waals surface area contributed by atoms with Gasteiger partial charge in [0.25, 0.3) is 0 Å². The fourth-order valence-corrected chi connectivity index (χ4v) is 2.20. The highest BCUT2D eigenvalue weighted by Crippen LogP contribution is 2.23. The molecule has 0 bridgehead atoms. The molecule has 1 N–H and O–H groups in total. The Balaban J connectivity index is 2.54. The van der Waals surface area contributed by atoms with E-state index in [2.05, 4.69) is 11.9 Å². The quantitative estimate of drug-likeness (QED) is 0.527. The van der Waals surface area contributed by atoms with Gasteiger partial charge in [-0.15, -0.1) is 6.58 Å². The van der Waals surface area contributed by atoms with Crippen molar-refractivity contribution in [2.24, 2.45) is 0 Å². The lowest BCUT2D eigenvalue weighted by molar-refractivity contribution is 0.482. The first kappa shape index (κ1) is 14.9. The highest BCUT2D eigenvalue weighted by Gasteiger charge is 2.13. The van der Waals surface area contributed by atoms with Crippen molar-refractivity contribution in [2.75, 3.05) is 7.05 Å². The molecule has 1 rings (SSSR count). The van der Waals surface area contributed by atoms with Gasteiger partial charge < -0.3 is 5.32 Å². The van der Waals surface area contributed by atoms with Gasteiger partial charge in [0, 0.05) is 11.6 Å². The Hall–Kier alpha value is -1.15. The number of hydrogen-bond acceptors (Lipinski definition) is 1. The minimum absolute atomic E-state index is 0.106. The van der Waals surface area contributed by atoms with E-state index in [1.807, 2.05) is 32.2 Å². The lowest BCUT2D eigenvalue weighted by Crippen LogP contribution is -2.17. The van der Waals surface area contributed by atoms with Crippen LogP contribution in [-0.4, -0.2) is 7.05 Å². The maximum Gasteiger partial charge on any atom is 0.127 e. The lowest BCUT2D eigenvalue weighted by atomic mass is 9.98. The summed E-state index contributed by atoms with van der Waals surface area (Å²) in [5, 5.41) is 3.22. The van der Waals surface area contributed by atoms with Gasteiger partial charge in [0.1, 0.15) is 5.82 Å². The van der Waals surface area contributed by atoms with E-state index in [9.17, 15) is 4.39 Å². The van der Waals surface area contributed by atoms with E-state index in [1.165, 1.54) is 12.8 Å². The van der Waals surface area contributed by atoms with E-state index in [1.54, 1.807) is 6.07 Å². The fourth-order valence-electron chi connectivity index (χ4n) is 2.20. The van der Waals surface area contributed by atoms with Gasteiger partial charge in [-0.1, -0.05) is 36.6 Å². The van der Waals surface area contributed by atoms with E-state index in [4.69, 9.17) is 0 Å². The minimum atomic E-state index is -0.106. The SMILES string of the molecule is C=CCCCCCC(NC)c1cc(C)ccc1F. The molecule has 1 nitrogen and oxygen atoms in total. The zero-order chi connectivity index (χ0) is 13.4. The summed E-state index contributed by atoms with van der Waals surface area (Å²) < 4.78 is 13.8. The summed E-state index contributed by atoms with van der Waals surface area (Å²) in [7, 11) is 1.90. The van der Waals surface area contributed by atoms with Crippen LogP contribution in [0.5, 0.6) is 0 Å². The largest absolute Gasteiger partial charge is 0.313 e. The van der Waals surface area contributed by atoms with Crippen LogP contribution in [0.25, 0.3) is 0 Å². The second-order valence-electron chi connectivity index (χ2n) is 4.79. The van der Waals surface area contributed by atoms with Gasteiger partial charge in [-0.3, -0.25) is 0 Å². The predicted octanol–water partition coefficient (Wildman–Crippen LogP) is 4.53. The number of allylic oxidation sites excluding steroid dienone is 1. The summed E-state index contributed by atoms with van der Waals surface area (Å²) in [5.41, 5.74) is 1.90. The van der Waals surface area contributed by atoms with Crippen molar-refractivity contribution in [3.8, 4) is 0 Å². The summed E-state index contributed by atoms with van der Waals surface area (Å²) in [6.07, 6.45) is 7.48. The molecule has 0 saturated carbocycles. The monoisotopic (exact) mass is 249 g/mol. The average molecular weight is 249 g/mol. The standard InChI is InChI=1S/C16H24FN/c1-4-5-6-7-8-9-16(18-3)14-12-13(2)10-11-15(14)17/h4,10-12,16,18H,1,5-9H2,2-3H3. The van der Waals surface area contributed by atoms with Crippen molar-refractivity contribution in [3.05, 3.63) is 47.8 Å². The average Bonchev–Trinajstić information content (AvgIpc) is 2.37. The summed E-state index contributed by atoms with van der Waals surface area (Å²) in [6.45, 7) is 5.72. The Labute approximate surface area is 110 Å². The van der Waals surface area contributed by atoms with Crippen molar-refractivity contribution in [1.29, 1.82) is 0 Å². The minimum Gasteiger partial charge on any atom is -0.313 e. The molecule has 1 atom stereocenters. The molecule has 0 aliphatic carbocycles. The van der Waals surface area contributed by atoms with Gasteiger partial charge in [-0.05, 0) is 39.3 Å². The Morgan fingerprint density at radius 2 is 2.11 bits per heavy atom. The maximum absolute atomic E-state index is 13.8. The molecule has 1 aromatic carbocycles. The number of benzene rings is 1. The molecule has 2 heteroatoms. The van der Waals surface area contributed by atoms with Gasteiger partial charge in [-0.25, -0.2) is 4.39 Å². The van der Waals surface area contributed by atoms with Crippen LogP contribution in [0.15, 0.2) is 30.9 Å². The second kappa shape index (κ2) is 8.04. The highest BCUT2D eigenvalue weighted by atomic mass is 19.1. The molecule has 18 heavy (non-hydrogen) atoms. The van der Waals surface area contributed by atoms with Gasteiger partial charge in [0.15, 0.2) is 0 Å². The van der Waals surface area contributed by atoms with Gasteiger partial charge >= 0.3 is 0 Å². The highest BCUT2D eigenvalue weighted by molar-refractivity contribution is 5.26. The number of hydrogen-bond donors (Lipinski definition) is 1. The smallest absolute Gasteiger partial charge is 0.127 e. The lowest BCUT2D eigenvalue weighted by Gasteiger charge is -2.17. The molecule has 100 valence electrons. The van der Waals surface area contributed by atoms with Crippen molar-refractivity contribution >= 4 is 0 Å². The molecule has 0 aromatic heterocycles. The Morgan fingerprint density at radius 1 is 1.33 bits per heavy atom. The van der Waals surface area contributed by atoms with Crippen LogP contribution in [0.1, 0.15) is 49.3 Å². The van der Waals surface area contributed by atoms with Crippen molar-refractivity contribution in [2.45, 2.75) is 45.1 Å². The number of unbranched alkanes of at least 4 members (excludes halogenated alkanes) is 3. The van der Waals surface area contributed by atoms with Crippen LogP contribution in [0.2, 0.25) is 0 Å². The van der Waals surface area contributed by atoms with Crippen molar-refractivity contribution < 1.29 is 4.39 Å². The Kier molecular flexibility index (Phi) is 6.66. The van der Waals surface area contributed by atoms with Crippen LogP contribution in [0.4, 0.5) is 4.39 Å². The molecule has 0 amide bonds. The summed E-state index contributed by atoms with van der Waals surface area (Å²) in [4.78, 5) is 0. The Morgan fingerprint density at radius 3 is 2.78 bits per heavy atom. The van der Waals surface area contributed by atoms with E-state index in [0.717, 1.165) is 30.4 Å². The normalized spacial score (nSPS) is 12.4. The zero-order valence-corrected chi connectivity index (χ0v) is 11.5. The number of halogens is 1. The fraction of sp³-hybridized carbons (Fsp3) is 0.500. The summed E-state index contributed by atoms with van der Waals surface area (Å²) in [5.74, 6) is -0.106. The topological polar surface area (TPSA) is 12.0 Å². The third kappa shape index (κ3) is 4.61. The first-order chi connectivity index (χ1) is 8.69. The van der Waals surface area contributed by atoms with Gasteiger partial charge in [-0.2, -0.15) is 0 Å². The van der Waals surface area contributed by atoms with Crippen molar-refractivity contribution in [1.82, 2.24) is 5.32 Å². The number of nitrogens with one attached hydrogen (secondary N) is 1. The van der Waals surface area contributed by atoms with Crippen LogP contribution in [0, 0.1) is 12.7 Å². The first-order valence-corrected chi connectivity index (χ1v) is 6.73. The summed E-state index contributed by atoms with van der Waals surface area (Å²) in [6, 6.07) is 5.44. The molecular weight excluding hydrogens is 225 g/mol. The first-order valence-electron chi connectivity index (χ1n) is 6.73. The second-order valence-corrected chi connectivity index (χ2v) is 4.79. The molecule has 1 aromatic rings. The third-order valence-corrected chi connectivity index (χ3v) is 3.28. The molecular formula is C16H24FN. The van der Waals surface area contributed by atoms with Gasteiger partial charge in [0.2, 0.25) is 0 Å². The zero-order valence-electron chi connectivity index (χ0n) is 11.5. The van der Waals surface area contributed by atoms with Crippen LogP contribution < -0.4 is 5.32 Å². The van der Waals surface area contributed by atoms with Gasteiger partial charge in [0.05, 0.1) is 0 Å². The molecule has 0 spiro atoms. The van der Waals surface area contributed by atoms with E-state index in [-0.39, 0.29) is 11.9 Å². The summed E-state index contributed by atoms with van der Waals surface area (Å²) >= 11 is 0. The van der Waals surface area contributed by atoms with E-state index < -0.39 is 0 Å². The van der Waals surface area contributed by atoms with E-state index >= 15 is 0 Å². The predicted molar refractivity (Wildman–Crippen MR) is 76.2 cm³/mol. The molecule has 0 aliphatic heterocycles. The third-order valence-electron chi connectivity index (χ3n) is 3.28. The molecule has 1 unspecified atom stereocenters. The Bertz CT molecular complexity index is 373. The molecule has 0 radical (unpaired) electrons. The number of aryl methyl sites for hydroxylation is 1. The molecule has 0 aliphatic rings. The van der Waals surface area contributed by atoms with Crippen LogP contribution in [-0.2, 0) is 0 Å². The van der Waals surface area contributed by atoms with Crippen LogP contribution in [0.3, 0.4) is 0 Å². The maximum atomic E-state index is 13.8.